The Bertz CT molecular complexity index is 1630. The van der Waals surface area contributed by atoms with Crippen molar-refractivity contribution < 1.29 is 63.2 Å². The second kappa shape index (κ2) is 11.5. The first kappa shape index (κ1) is 33.1. The number of carboxylic acid groups (broad SMARTS) is 1. The third kappa shape index (κ3) is 5.07. The molecule has 0 spiro atoms. The van der Waals surface area contributed by atoms with Crippen LogP contribution in [0.3, 0.4) is 0 Å². The van der Waals surface area contributed by atoms with E-state index in [0.29, 0.717) is 35.2 Å². The van der Waals surface area contributed by atoms with E-state index in [2.05, 4.69) is 6.07 Å². The third-order valence-corrected chi connectivity index (χ3v) is 10.8. The zero-order valence-electron chi connectivity index (χ0n) is 25.6. The van der Waals surface area contributed by atoms with Crippen molar-refractivity contribution in [1.82, 2.24) is 9.80 Å². The number of fused-ring (bicyclic) bond motifs is 7. The quantitative estimate of drug-likeness (QED) is 0.196. The van der Waals surface area contributed by atoms with Gasteiger partial charge in [-0.2, -0.15) is 0 Å². The van der Waals surface area contributed by atoms with Gasteiger partial charge in [-0.25, -0.2) is 4.79 Å². The molecule has 4 saturated heterocycles. The summed E-state index contributed by atoms with van der Waals surface area (Å²) in [6, 6.07) is 11.2. The maximum Gasteiger partial charge on any atom is 0.352 e. The van der Waals surface area contributed by atoms with Crippen molar-refractivity contribution in [3.8, 4) is 11.1 Å². The first-order chi connectivity index (χ1) is 20.4. The number of quaternary nitrogens is 2. The largest absolute Gasteiger partial charge is 1.00 e. The van der Waals surface area contributed by atoms with Crippen molar-refractivity contribution in [2.45, 2.75) is 32.0 Å². The molecule has 6 aliphatic rings. The number of carboxylic acids is 1. The molecule has 5 heterocycles. The number of hydrogen-bond acceptors (Lipinski definition) is 5. The highest BCUT2D eigenvalue weighted by atomic mass is 35.5. The molecule has 0 unspecified atom stereocenters. The molecule has 2 bridgehead atoms. The molecule has 10 nitrogen and oxygen atoms in total. The van der Waals surface area contributed by atoms with Gasteiger partial charge in [-0.05, 0) is 53.8 Å². The minimum absolute atomic E-state index is 0. The van der Waals surface area contributed by atoms with Gasteiger partial charge in [0.15, 0.2) is 12.3 Å². The summed E-state index contributed by atoms with van der Waals surface area (Å²) in [5.41, 5.74) is 5.24. The van der Waals surface area contributed by atoms with Crippen molar-refractivity contribution in [3.05, 3.63) is 64.3 Å². The van der Waals surface area contributed by atoms with E-state index in [1.54, 1.807) is 24.0 Å². The van der Waals surface area contributed by atoms with Gasteiger partial charge >= 0.3 is 5.97 Å². The summed E-state index contributed by atoms with van der Waals surface area (Å²) in [7, 11) is 3.64. The van der Waals surface area contributed by atoms with E-state index in [4.69, 9.17) is 0 Å². The van der Waals surface area contributed by atoms with Crippen LogP contribution in [0.2, 0.25) is 0 Å². The molecule has 1 aliphatic carbocycles. The van der Waals surface area contributed by atoms with Crippen LogP contribution in [0.5, 0.6) is 0 Å². The molecule has 12 heteroatoms. The van der Waals surface area contributed by atoms with Gasteiger partial charge in [-0.15, -0.1) is 0 Å². The van der Waals surface area contributed by atoms with Crippen LogP contribution in [0.4, 0.5) is 0 Å². The number of β-lactam (4-membered cyclic amide) rings is 1. The first-order valence-electron chi connectivity index (χ1n) is 15.1. The molecule has 4 fully saturated rings. The van der Waals surface area contributed by atoms with Crippen molar-refractivity contribution in [3.63, 3.8) is 0 Å². The van der Waals surface area contributed by atoms with Crippen molar-refractivity contribution >= 4 is 29.1 Å². The number of hydrogen-bond donors (Lipinski definition) is 2. The lowest BCUT2D eigenvalue weighted by atomic mass is 9.82. The molecule has 45 heavy (non-hydrogen) atoms. The number of aliphatic hydroxyl groups is 1. The van der Waals surface area contributed by atoms with E-state index < -0.39 is 18.0 Å². The van der Waals surface area contributed by atoms with Gasteiger partial charge in [0, 0.05) is 30.8 Å². The van der Waals surface area contributed by atoms with Gasteiger partial charge in [-0.3, -0.25) is 14.4 Å². The second-order valence-electron chi connectivity index (χ2n) is 13.5. The van der Waals surface area contributed by atoms with Crippen molar-refractivity contribution in [2.75, 3.05) is 59.9 Å². The first-order valence-corrected chi connectivity index (χ1v) is 15.1. The van der Waals surface area contributed by atoms with Crippen LogP contribution in [-0.4, -0.2) is 125 Å². The van der Waals surface area contributed by atoms with Crippen LogP contribution in [0.15, 0.2) is 42.1 Å². The number of nitrogens with zero attached hydrogens (tertiary/aromatic N) is 4. The smallest absolute Gasteiger partial charge is 0.352 e. The predicted molar refractivity (Wildman–Crippen MR) is 157 cm³/mol. The van der Waals surface area contributed by atoms with Gasteiger partial charge in [0.2, 0.25) is 5.91 Å². The van der Waals surface area contributed by atoms with Gasteiger partial charge in [0.1, 0.15) is 51.5 Å². The molecule has 2 aromatic carbocycles. The number of amides is 2. The van der Waals surface area contributed by atoms with Crippen molar-refractivity contribution in [1.29, 1.82) is 0 Å². The van der Waals surface area contributed by atoms with Crippen LogP contribution in [0.1, 0.15) is 40.4 Å². The van der Waals surface area contributed by atoms with E-state index in [-0.39, 0.29) is 54.2 Å². The number of aliphatic hydroxyl groups excluding tert-OH is 1. The summed E-state index contributed by atoms with van der Waals surface area (Å²) in [6.45, 7) is 9.03. The van der Waals surface area contributed by atoms with E-state index >= 15 is 0 Å². The van der Waals surface area contributed by atoms with E-state index in [0.717, 1.165) is 71.5 Å². The molecule has 0 saturated carbocycles. The highest BCUT2D eigenvalue weighted by Gasteiger charge is 2.57. The zero-order valence-corrected chi connectivity index (χ0v) is 27.1. The summed E-state index contributed by atoms with van der Waals surface area (Å²) < 4.78 is 1.86. The predicted octanol–water partition coefficient (Wildman–Crippen LogP) is -4.44. The Kier molecular flexibility index (Phi) is 8.46. The average molecular weight is 658 g/mol. The van der Waals surface area contributed by atoms with Crippen molar-refractivity contribution in [2.24, 2.45) is 5.92 Å². The Morgan fingerprint density at radius 3 is 2.13 bits per heavy atom. The van der Waals surface area contributed by atoms with Gasteiger partial charge in [-0.1, -0.05) is 18.2 Å². The number of halogens is 2. The maximum atomic E-state index is 13.5. The molecule has 0 radical (unpaired) electrons. The zero-order chi connectivity index (χ0) is 30.4. The lowest BCUT2D eigenvalue weighted by Crippen LogP contribution is -3.00. The molecule has 240 valence electrons. The van der Waals surface area contributed by atoms with Crippen LogP contribution in [0, 0.1) is 5.92 Å². The highest BCUT2D eigenvalue weighted by molar-refractivity contribution is 6.22. The number of likely N-dealkylation sites (N-methyl/N-ethyl adjacent to an activating group) is 1. The normalized spacial score (nSPS) is 28.0. The van der Waals surface area contributed by atoms with Crippen LogP contribution in [-0.2, 0) is 20.9 Å². The molecule has 2 amide bonds. The van der Waals surface area contributed by atoms with Gasteiger partial charge in [0.25, 0.3) is 5.91 Å². The minimum atomic E-state index is -1.17. The molecule has 0 aromatic heterocycles. The minimum Gasteiger partial charge on any atom is -1.00 e. The molecule has 2 aromatic rings. The number of aliphatic carboxylic acids is 1. The molecular weight excluding hydrogens is 619 g/mol. The fourth-order valence-corrected chi connectivity index (χ4v) is 8.17. The standard InChI is InChI=1S/C33H37N4O6.2ClH/c1-19(38)29-27-16-24(30(33(42)43)35(27)32(29)41)21-5-7-23-25(15-21)22-6-4-20(14-26(22)31(23)40)17-36-8-11-37(12-9-36,13-10-36)18-28(39)34(2)3;;/h4-7,14-15,19,27,29,38H,8-13,16-18H2,1-3H3;2*1H/q+1;;/p-1/t19-,27-,29-,36?,37?;;/m1../s1. The fourth-order valence-electron chi connectivity index (χ4n) is 8.17. The lowest BCUT2D eigenvalue weighted by molar-refractivity contribution is -1.08. The number of ketones is 1. The summed E-state index contributed by atoms with van der Waals surface area (Å²) in [4.78, 5) is 53.9. The molecule has 5 aliphatic heterocycles. The van der Waals surface area contributed by atoms with E-state index in [1.165, 1.54) is 4.90 Å². The Balaban J connectivity index is 0.00000200. The number of rotatable bonds is 7. The molecule has 2 N–H and O–H groups in total. The Hall–Kier alpha value is -3.28. The number of carbonyl (C=O) groups is 4. The van der Waals surface area contributed by atoms with Crippen LogP contribution in [0.25, 0.3) is 16.7 Å². The fraction of sp³-hybridized carbons (Fsp3) is 0.455. The number of carbonyl (C=O) groups excluding carboxylic acids is 3. The highest BCUT2D eigenvalue weighted by Crippen LogP contribution is 2.48. The van der Waals surface area contributed by atoms with Crippen LogP contribution >= 0.6 is 0 Å². The third-order valence-electron chi connectivity index (χ3n) is 10.8. The van der Waals surface area contributed by atoms with E-state index in [1.807, 2.05) is 32.3 Å². The summed E-state index contributed by atoms with van der Waals surface area (Å²) in [5, 5.41) is 20.1. The second-order valence-corrected chi connectivity index (χ2v) is 13.5. The van der Waals surface area contributed by atoms with E-state index in [9.17, 15) is 29.4 Å². The maximum absolute atomic E-state index is 13.5. The Morgan fingerprint density at radius 2 is 1.53 bits per heavy atom. The molecular formula is C33H38Cl2N4O6. The Morgan fingerprint density at radius 1 is 0.911 bits per heavy atom. The van der Waals surface area contributed by atoms with Gasteiger partial charge in [0.05, 0.1) is 18.1 Å². The van der Waals surface area contributed by atoms with Gasteiger partial charge < -0.3 is 53.8 Å². The summed E-state index contributed by atoms with van der Waals surface area (Å²) in [5.74, 6) is -1.97. The molecule has 8 rings (SSSR count). The van der Waals surface area contributed by atoms with Crippen LogP contribution < -0.4 is 24.8 Å². The lowest BCUT2D eigenvalue weighted by Gasteiger charge is -2.55. The number of piperazine rings is 3. The summed E-state index contributed by atoms with van der Waals surface area (Å²) >= 11 is 0. The Labute approximate surface area is 274 Å². The average Bonchev–Trinajstić information content (AvgIpc) is 3.46. The molecule has 3 atom stereocenters. The SMILES string of the molecule is C[C@@H](O)[C@H]1C(=O)N2C(C(=O)O)=C(c3ccc4c(c3)-c3ccc(C[N+]56CC[N+](CC(=O)N(C)C)(CC5)CC6)cc3C4=O)C[C@H]12.[Cl-].[Cl-]. The number of benzene rings is 2. The topological polar surface area (TPSA) is 115 Å². The summed E-state index contributed by atoms with van der Waals surface area (Å²) in [6.07, 6.45) is -0.499. The monoisotopic (exact) mass is 656 g/mol.